The van der Waals surface area contributed by atoms with Crippen molar-refractivity contribution >= 4 is 11.9 Å². The number of carboxylic acids is 1. The molecule has 1 unspecified atom stereocenters. The predicted octanol–water partition coefficient (Wildman–Crippen LogP) is 0.877. The first-order chi connectivity index (χ1) is 7.56. The van der Waals surface area contributed by atoms with Crippen LogP contribution in [0.25, 0.3) is 0 Å². The van der Waals surface area contributed by atoms with Crippen molar-refractivity contribution in [1.29, 1.82) is 0 Å². The molecule has 1 N–H and O–H groups in total. The Morgan fingerprint density at radius 3 is 2.81 bits per heavy atom. The van der Waals surface area contributed by atoms with Gasteiger partial charge in [0.05, 0.1) is 6.10 Å². The van der Waals surface area contributed by atoms with Crippen molar-refractivity contribution in [2.75, 3.05) is 13.2 Å². The molecule has 0 aromatic heterocycles. The van der Waals surface area contributed by atoms with Gasteiger partial charge in [-0.2, -0.15) is 0 Å². The molecule has 5 nitrogen and oxygen atoms in total. The van der Waals surface area contributed by atoms with E-state index in [0.29, 0.717) is 13.0 Å². The number of hydrogen-bond donors (Lipinski definition) is 1. The summed E-state index contributed by atoms with van der Waals surface area (Å²) in [6.45, 7) is 4.38. The number of carbonyl (C=O) groups is 2. The van der Waals surface area contributed by atoms with Crippen LogP contribution < -0.4 is 0 Å². The van der Waals surface area contributed by atoms with E-state index in [2.05, 4.69) is 0 Å². The Morgan fingerprint density at radius 2 is 2.25 bits per heavy atom. The average molecular weight is 229 g/mol. The Labute approximate surface area is 95.4 Å². The number of aliphatic carboxylic acids is 1. The highest BCUT2D eigenvalue weighted by molar-refractivity contribution is 5.84. The zero-order valence-electron chi connectivity index (χ0n) is 9.81. The van der Waals surface area contributed by atoms with Crippen molar-refractivity contribution in [1.82, 2.24) is 4.90 Å². The molecule has 1 heterocycles. The van der Waals surface area contributed by atoms with Crippen LogP contribution in [0.1, 0.15) is 33.1 Å². The number of rotatable bonds is 5. The molecule has 1 aliphatic heterocycles. The zero-order chi connectivity index (χ0) is 12.1. The number of ether oxygens (including phenoxy) is 1. The second-order valence-electron chi connectivity index (χ2n) is 4.11. The summed E-state index contributed by atoms with van der Waals surface area (Å²) in [5.74, 6) is -1.14. The SMILES string of the molecule is CCC(C)OCC(=O)N1CCC[C@H]1C(=O)O. The number of nitrogens with zero attached hydrogens (tertiary/aromatic N) is 1. The molecule has 0 spiro atoms. The third-order valence-electron chi connectivity index (χ3n) is 2.92. The average Bonchev–Trinajstić information content (AvgIpc) is 2.74. The van der Waals surface area contributed by atoms with Crippen LogP contribution in [-0.4, -0.2) is 47.2 Å². The Morgan fingerprint density at radius 1 is 1.56 bits per heavy atom. The lowest BCUT2D eigenvalue weighted by Gasteiger charge is -2.22. The molecule has 0 aliphatic carbocycles. The van der Waals surface area contributed by atoms with Crippen LogP contribution in [0.5, 0.6) is 0 Å². The summed E-state index contributed by atoms with van der Waals surface area (Å²) in [7, 11) is 0. The van der Waals surface area contributed by atoms with Gasteiger partial charge in [-0.05, 0) is 26.2 Å². The van der Waals surface area contributed by atoms with Gasteiger partial charge in [-0.1, -0.05) is 6.92 Å². The van der Waals surface area contributed by atoms with Gasteiger partial charge in [-0.15, -0.1) is 0 Å². The summed E-state index contributed by atoms with van der Waals surface area (Å²) < 4.78 is 5.31. The highest BCUT2D eigenvalue weighted by atomic mass is 16.5. The lowest BCUT2D eigenvalue weighted by Crippen LogP contribution is -2.42. The standard InChI is InChI=1S/C11H19NO4/c1-3-8(2)16-7-10(13)12-6-4-5-9(12)11(14)15/h8-9H,3-7H2,1-2H3,(H,14,15)/t8?,9-/m0/s1. The number of carboxylic acid groups (broad SMARTS) is 1. The van der Waals surface area contributed by atoms with Gasteiger partial charge in [0.15, 0.2) is 0 Å². The largest absolute Gasteiger partial charge is 0.480 e. The molecule has 0 aromatic carbocycles. The van der Waals surface area contributed by atoms with Crippen molar-refractivity contribution in [3.8, 4) is 0 Å². The fourth-order valence-electron chi connectivity index (χ4n) is 1.74. The lowest BCUT2D eigenvalue weighted by molar-refractivity contribution is -0.150. The van der Waals surface area contributed by atoms with Gasteiger partial charge in [-0.25, -0.2) is 4.79 Å². The molecule has 0 radical (unpaired) electrons. The summed E-state index contributed by atoms with van der Waals surface area (Å²) in [5, 5.41) is 8.92. The van der Waals surface area contributed by atoms with E-state index >= 15 is 0 Å². The van der Waals surface area contributed by atoms with Gasteiger partial charge in [0.2, 0.25) is 5.91 Å². The predicted molar refractivity (Wildman–Crippen MR) is 58.1 cm³/mol. The quantitative estimate of drug-likeness (QED) is 0.759. The highest BCUT2D eigenvalue weighted by Gasteiger charge is 2.33. The molecule has 1 rings (SSSR count). The van der Waals surface area contributed by atoms with E-state index in [1.54, 1.807) is 0 Å². The van der Waals surface area contributed by atoms with Crippen molar-refractivity contribution < 1.29 is 19.4 Å². The molecular weight excluding hydrogens is 210 g/mol. The number of likely N-dealkylation sites (tertiary alicyclic amines) is 1. The molecule has 0 saturated carbocycles. The Balaban J connectivity index is 2.44. The molecule has 2 atom stereocenters. The third-order valence-corrected chi connectivity index (χ3v) is 2.92. The first kappa shape index (κ1) is 13.0. The van der Waals surface area contributed by atoms with E-state index in [9.17, 15) is 9.59 Å². The summed E-state index contributed by atoms with van der Waals surface area (Å²) in [5.41, 5.74) is 0. The summed E-state index contributed by atoms with van der Waals surface area (Å²) in [6, 6.07) is -0.659. The van der Waals surface area contributed by atoms with Gasteiger partial charge in [0, 0.05) is 6.54 Å². The molecule has 5 heteroatoms. The maximum absolute atomic E-state index is 11.7. The van der Waals surface area contributed by atoms with E-state index in [4.69, 9.17) is 9.84 Å². The molecule has 0 bridgehead atoms. The van der Waals surface area contributed by atoms with Crippen LogP contribution in [0.4, 0.5) is 0 Å². The van der Waals surface area contributed by atoms with Crippen molar-refractivity contribution in [3.05, 3.63) is 0 Å². The summed E-state index contributed by atoms with van der Waals surface area (Å²) >= 11 is 0. The Kier molecular flexibility index (Phi) is 4.73. The Hall–Kier alpha value is -1.10. The van der Waals surface area contributed by atoms with Crippen LogP contribution in [0.3, 0.4) is 0 Å². The van der Waals surface area contributed by atoms with Crippen LogP contribution >= 0.6 is 0 Å². The maximum Gasteiger partial charge on any atom is 0.326 e. The maximum atomic E-state index is 11.7. The molecule has 1 fully saturated rings. The number of carbonyl (C=O) groups excluding carboxylic acids is 1. The minimum atomic E-state index is -0.922. The highest BCUT2D eigenvalue weighted by Crippen LogP contribution is 2.17. The summed E-state index contributed by atoms with van der Waals surface area (Å²) in [6.07, 6.45) is 2.18. The fourth-order valence-corrected chi connectivity index (χ4v) is 1.74. The first-order valence-corrected chi connectivity index (χ1v) is 5.70. The smallest absolute Gasteiger partial charge is 0.326 e. The van der Waals surface area contributed by atoms with E-state index in [1.807, 2.05) is 13.8 Å². The van der Waals surface area contributed by atoms with Gasteiger partial charge >= 0.3 is 5.97 Å². The van der Waals surface area contributed by atoms with Crippen molar-refractivity contribution in [3.63, 3.8) is 0 Å². The molecule has 1 saturated heterocycles. The van der Waals surface area contributed by atoms with Gasteiger partial charge in [-0.3, -0.25) is 4.79 Å². The molecule has 0 aromatic rings. The van der Waals surface area contributed by atoms with Crippen LogP contribution in [0.15, 0.2) is 0 Å². The zero-order valence-corrected chi connectivity index (χ0v) is 9.81. The van der Waals surface area contributed by atoms with E-state index in [-0.39, 0.29) is 18.6 Å². The molecule has 16 heavy (non-hydrogen) atoms. The Bertz CT molecular complexity index is 267. The van der Waals surface area contributed by atoms with Crippen molar-refractivity contribution in [2.45, 2.75) is 45.3 Å². The molecular formula is C11H19NO4. The third kappa shape index (κ3) is 3.20. The minimum Gasteiger partial charge on any atom is -0.480 e. The van der Waals surface area contributed by atoms with E-state index in [1.165, 1.54) is 4.90 Å². The first-order valence-electron chi connectivity index (χ1n) is 5.70. The van der Waals surface area contributed by atoms with Crippen molar-refractivity contribution in [2.24, 2.45) is 0 Å². The van der Waals surface area contributed by atoms with Gasteiger partial charge in [0.1, 0.15) is 12.6 Å². The van der Waals surface area contributed by atoms with E-state index in [0.717, 1.165) is 12.8 Å². The van der Waals surface area contributed by atoms with E-state index < -0.39 is 12.0 Å². The van der Waals surface area contributed by atoms with Crippen LogP contribution in [0, 0.1) is 0 Å². The van der Waals surface area contributed by atoms with Crippen LogP contribution in [-0.2, 0) is 14.3 Å². The van der Waals surface area contributed by atoms with Gasteiger partial charge in [0.25, 0.3) is 0 Å². The van der Waals surface area contributed by atoms with Crippen LogP contribution in [0.2, 0.25) is 0 Å². The topological polar surface area (TPSA) is 66.8 Å². The molecule has 1 amide bonds. The molecule has 1 aliphatic rings. The number of hydrogen-bond acceptors (Lipinski definition) is 3. The normalized spacial score (nSPS) is 22.1. The lowest BCUT2D eigenvalue weighted by atomic mass is 10.2. The second kappa shape index (κ2) is 5.84. The summed E-state index contributed by atoms with van der Waals surface area (Å²) in [4.78, 5) is 24.0. The second-order valence-corrected chi connectivity index (χ2v) is 4.11. The minimum absolute atomic E-state index is 0.0151. The monoisotopic (exact) mass is 229 g/mol. The fraction of sp³-hybridized carbons (Fsp3) is 0.818. The number of amides is 1. The van der Waals surface area contributed by atoms with Gasteiger partial charge < -0.3 is 14.7 Å². The molecule has 92 valence electrons.